The average Bonchev–Trinajstić information content (AvgIpc) is 2.44. The lowest BCUT2D eigenvalue weighted by atomic mass is 9.85. The van der Waals surface area contributed by atoms with Crippen LogP contribution in [-0.2, 0) is 4.74 Å². The maximum Gasteiger partial charge on any atom is 0.0702 e. The first-order valence-electron chi connectivity index (χ1n) is 8.13. The van der Waals surface area contributed by atoms with E-state index in [-0.39, 0.29) is 11.1 Å². The van der Waals surface area contributed by atoms with E-state index >= 15 is 0 Å². The molecule has 2 rings (SSSR count). The third kappa shape index (κ3) is 3.50. The van der Waals surface area contributed by atoms with Crippen molar-refractivity contribution in [2.75, 3.05) is 26.2 Å². The number of nitrogens with zero attached hydrogens (tertiary/aromatic N) is 1. The maximum atomic E-state index is 5.96. The summed E-state index contributed by atoms with van der Waals surface area (Å²) in [4.78, 5) is 2.70. The van der Waals surface area contributed by atoms with Crippen molar-refractivity contribution in [2.45, 2.75) is 77.0 Å². The molecule has 19 heavy (non-hydrogen) atoms. The van der Waals surface area contributed by atoms with Crippen LogP contribution in [0.15, 0.2) is 0 Å². The van der Waals surface area contributed by atoms with E-state index in [0.717, 1.165) is 26.2 Å². The topological polar surface area (TPSA) is 24.5 Å². The summed E-state index contributed by atoms with van der Waals surface area (Å²) >= 11 is 0. The van der Waals surface area contributed by atoms with Crippen molar-refractivity contribution in [1.82, 2.24) is 10.2 Å². The van der Waals surface area contributed by atoms with E-state index < -0.39 is 0 Å². The van der Waals surface area contributed by atoms with Gasteiger partial charge in [0.1, 0.15) is 0 Å². The van der Waals surface area contributed by atoms with Gasteiger partial charge in [-0.3, -0.25) is 4.90 Å². The van der Waals surface area contributed by atoms with Crippen LogP contribution in [0.3, 0.4) is 0 Å². The Bertz CT molecular complexity index is 290. The summed E-state index contributed by atoms with van der Waals surface area (Å²) in [6.07, 6.45) is 6.67. The highest BCUT2D eigenvalue weighted by molar-refractivity contribution is 5.01. The van der Waals surface area contributed by atoms with Crippen molar-refractivity contribution in [3.63, 3.8) is 0 Å². The van der Waals surface area contributed by atoms with Crippen LogP contribution in [0.25, 0.3) is 0 Å². The predicted molar refractivity (Wildman–Crippen MR) is 80.6 cm³/mol. The van der Waals surface area contributed by atoms with E-state index in [9.17, 15) is 0 Å². The van der Waals surface area contributed by atoms with Crippen LogP contribution in [0.2, 0.25) is 0 Å². The summed E-state index contributed by atoms with van der Waals surface area (Å²) in [5.74, 6) is 0. The fourth-order valence-corrected chi connectivity index (χ4v) is 3.25. The average molecular weight is 268 g/mol. The Balaban J connectivity index is 2.03. The molecular formula is C16H32N2O. The summed E-state index contributed by atoms with van der Waals surface area (Å²) in [7, 11) is 0. The Morgan fingerprint density at radius 3 is 2.58 bits per heavy atom. The highest BCUT2D eigenvalue weighted by atomic mass is 16.5. The molecule has 2 fully saturated rings. The molecule has 2 saturated heterocycles. The predicted octanol–water partition coefficient (Wildman–Crippen LogP) is 2.80. The minimum Gasteiger partial charge on any atom is -0.377 e. The van der Waals surface area contributed by atoms with Gasteiger partial charge in [-0.25, -0.2) is 0 Å². The molecule has 0 aliphatic carbocycles. The van der Waals surface area contributed by atoms with Crippen molar-refractivity contribution < 1.29 is 4.74 Å². The van der Waals surface area contributed by atoms with Gasteiger partial charge in [0.2, 0.25) is 0 Å². The lowest BCUT2D eigenvalue weighted by molar-refractivity contribution is -0.0535. The fourth-order valence-electron chi connectivity index (χ4n) is 3.25. The highest BCUT2D eigenvalue weighted by Gasteiger charge is 2.41. The summed E-state index contributed by atoms with van der Waals surface area (Å²) in [6, 6.07) is 0. The molecule has 0 radical (unpaired) electrons. The molecule has 3 atom stereocenters. The molecule has 112 valence electrons. The fraction of sp³-hybridized carbons (Fsp3) is 1.00. The molecule has 0 aromatic carbocycles. The highest BCUT2D eigenvalue weighted by Crippen LogP contribution is 2.29. The third-order valence-electron chi connectivity index (χ3n) is 5.44. The van der Waals surface area contributed by atoms with Gasteiger partial charge in [-0.2, -0.15) is 0 Å². The molecule has 3 unspecified atom stereocenters. The number of hydrogen-bond donors (Lipinski definition) is 1. The zero-order valence-corrected chi connectivity index (χ0v) is 13.3. The van der Waals surface area contributed by atoms with Gasteiger partial charge < -0.3 is 10.1 Å². The molecule has 0 aromatic rings. The van der Waals surface area contributed by atoms with Crippen LogP contribution in [0.4, 0.5) is 0 Å². The number of piperazine rings is 1. The van der Waals surface area contributed by atoms with Crippen LogP contribution < -0.4 is 5.32 Å². The molecule has 2 aliphatic heterocycles. The van der Waals surface area contributed by atoms with Gasteiger partial charge in [-0.15, -0.1) is 0 Å². The van der Waals surface area contributed by atoms with Crippen molar-refractivity contribution in [3.8, 4) is 0 Å². The van der Waals surface area contributed by atoms with Gasteiger partial charge in [-0.05, 0) is 46.0 Å². The van der Waals surface area contributed by atoms with Gasteiger partial charge in [0.15, 0.2) is 0 Å². The van der Waals surface area contributed by atoms with Crippen LogP contribution >= 0.6 is 0 Å². The van der Waals surface area contributed by atoms with Gasteiger partial charge in [0, 0.05) is 37.3 Å². The summed E-state index contributed by atoms with van der Waals surface area (Å²) in [6.45, 7) is 13.7. The van der Waals surface area contributed by atoms with Gasteiger partial charge >= 0.3 is 0 Å². The van der Waals surface area contributed by atoms with Crippen molar-refractivity contribution >= 4 is 0 Å². The van der Waals surface area contributed by atoms with Crippen LogP contribution in [0.5, 0.6) is 0 Å². The normalized spacial score (nSPS) is 41.4. The minimum absolute atomic E-state index is 0.267. The molecule has 3 heteroatoms. The van der Waals surface area contributed by atoms with E-state index in [2.05, 4.69) is 37.9 Å². The minimum atomic E-state index is 0.267. The van der Waals surface area contributed by atoms with Crippen molar-refractivity contribution in [1.29, 1.82) is 0 Å². The zero-order chi connectivity index (χ0) is 13.9. The Morgan fingerprint density at radius 2 is 2.00 bits per heavy atom. The van der Waals surface area contributed by atoms with E-state index in [4.69, 9.17) is 4.74 Å². The molecule has 0 saturated carbocycles. The van der Waals surface area contributed by atoms with Crippen LogP contribution in [0.1, 0.15) is 59.8 Å². The molecule has 2 aliphatic rings. The van der Waals surface area contributed by atoms with Crippen LogP contribution in [-0.4, -0.2) is 48.3 Å². The first-order valence-corrected chi connectivity index (χ1v) is 8.13. The Hall–Kier alpha value is -0.120. The van der Waals surface area contributed by atoms with Crippen molar-refractivity contribution in [3.05, 3.63) is 0 Å². The summed E-state index contributed by atoms with van der Waals surface area (Å²) in [5.41, 5.74) is 0.554. The monoisotopic (exact) mass is 268 g/mol. The van der Waals surface area contributed by atoms with E-state index in [1.165, 1.54) is 32.1 Å². The SMILES string of the molecule is CCC1(C)CN(CC2CCCCO2)C(C)(CC)CN1. The van der Waals surface area contributed by atoms with Gasteiger partial charge in [-0.1, -0.05) is 13.8 Å². The molecular weight excluding hydrogens is 236 g/mol. The zero-order valence-electron chi connectivity index (χ0n) is 13.3. The summed E-state index contributed by atoms with van der Waals surface area (Å²) in [5, 5.41) is 3.77. The Morgan fingerprint density at radius 1 is 1.21 bits per heavy atom. The van der Waals surface area contributed by atoms with E-state index in [1.807, 2.05) is 0 Å². The van der Waals surface area contributed by atoms with Crippen LogP contribution in [0, 0.1) is 0 Å². The van der Waals surface area contributed by atoms with E-state index in [1.54, 1.807) is 0 Å². The number of ether oxygens (including phenoxy) is 1. The first kappa shape index (κ1) is 15.3. The Labute approximate surface area is 119 Å². The lowest BCUT2D eigenvalue weighted by Gasteiger charge is -2.53. The molecule has 0 aromatic heterocycles. The molecule has 0 spiro atoms. The van der Waals surface area contributed by atoms with Gasteiger partial charge in [0.05, 0.1) is 6.10 Å². The van der Waals surface area contributed by atoms with Gasteiger partial charge in [0.25, 0.3) is 0 Å². The first-order chi connectivity index (χ1) is 9.01. The largest absolute Gasteiger partial charge is 0.377 e. The molecule has 1 N–H and O–H groups in total. The summed E-state index contributed by atoms with van der Waals surface area (Å²) < 4.78 is 5.96. The molecule has 2 heterocycles. The third-order valence-corrected chi connectivity index (χ3v) is 5.44. The standard InChI is InChI=1S/C16H32N2O/c1-5-15(3)13-18(16(4,6-2)12-17-15)11-14-9-7-8-10-19-14/h14,17H,5-13H2,1-4H3. The maximum absolute atomic E-state index is 5.96. The smallest absolute Gasteiger partial charge is 0.0702 e. The Kier molecular flexibility index (Phi) is 4.91. The number of rotatable bonds is 4. The second-order valence-corrected chi connectivity index (χ2v) is 6.99. The van der Waals surface area contributed by atoms with Crippen molar-refractivity contribution in [2.24, 2.45) is 0 Å². The molecule has 0 amide bonds. The van der Waals surface area contributed by atoms with E-state index in [0.29, 0.717) is 6.10 Å². The number of hydrogen-bond acceptors (Lipinski definition) is 3. The second kappa shape index (κ2) is 6.11. The molecule has 0 bridgehead atoms. The lowest BCUT2D eigenvalue weighted by Crippen LogP contribution is -2.68. The second-order valence-electron chi connectivity index (χ2n) is 6.99. The molecule has 3 nitrogen and oxygen atoms in total. The number of nitrogens with one attached hydrogen (secondary N) is 1. The quantitative estimate of drug-likeness (QED) is 0.848.